The van der Waals surface area contributed by atoms with Gasteiger partial charge in [-0.2, -0.15) is 8.78 Å². The van der Waals surface area contributed by atoms with Gasteiger partial charge in [0, 0.05) is 6.54 Å². The van der Waals surface area contributed by atoms with Crippen LogP contribution in [0.1, 0.15) is 0 Å². The Kier molecular flexibility index (Phi) is 4.56. The lowest BCUT2D eigenvalue weighted by Crippen LogP contribution is -2.56. The molecule has 0 unspecified atom stereocenters. The summed E-state index contributed by atoms with van der Waals surface area (Å²) in [6.45, 7) is -0.927. The highest BCUT2D eigenvalue weighted by atomic mass is 35.5. The van der Waals surface area contributed by atoms with Crippen molar-refractivity contribution in [1.29, 1.82) is 0 Å². The standard InChI is InChI=1S/C9H13F2N3O4.ClH/c10-9(11)6(16)4(3-15)18-7(9)14-2-1-5(12)13-8(14)17;/h1,4,6-7,15-16H,2-3,12H2,(H,13,17);1H/t4-,6-,7+;/m1./s1/i5+1,8+1,12+1,13+1,14+1;. The summed E-state index contributed by atoms with van der Waals surface area (Å²) in [7, 11) is 0. The first-order valence-corrected chi connectivity index (χ1v) is 5.23. The second-order valence-electron chi connectivity index (χ2n) is 4.07. The highest BCUT2D eigenvalue weighted by Crippen LogP contribution is 2.38. The summed E-state index contributed by atoms with van der Waals surface area (Å²) in [5.41, 5.74) is 5.32. The van der Waals surface area contributed by atoms with Gasteiger partial charge in [0.1, 0.15) is 11.9 Å². The molecule has 2 aliphatic rings. The zero-order valence-corrected chi connectivity index (χ0v) is 10.4. The van der Waals surface area contributed by atoms with Crippen molar-refractivity contribution in [3.63, 3.8) is 0 Å². The summed E-state index contributed by atoms with van der Waals surface area (Å²) in [5.74, 6) is -3.60. The summed E-state index contributed by atoms with van der Waals surface area (Å²) in [6, 6.07) is -0.842. The Bertz CT molecular complexity index is 396. The molecule has 0 aromatic heterocycles. The van der Waals surface area contributed by atoms with Gasteiger partial charge in [0.25, 0.3) is 0 Å². The largest absolute Gasteiger partial charge is 0.394 e. The number of carbonyl (C=O) groups is 1. The van der Waals surface area contributed by atoms with Crippen LogP contribution in [0.2, 0.25) is 0 Å². The minimum absolute atomic E-state index is 0. The lowest BCUT2D eigenvalue weighted by molar-refractivity contribution is -0.152. The van der Waals surface area contributed by atoms with E-state index in [0.29, 0.717) is 4.90 Å². The monoisotopic (exact) mass is 306 g/mol. The lowest BCUT2D eigenvalue weighted by atomic mass is 10.1. The van der Waals surface area contributed by atoms with Crippen LogP contribution in [-0.2, 0) is 4.74 Å². The highest BCUT2D eigenvalue weighted by molar-refractivity contribution is 5.85. The van der Waals surface area contributed by atoms with Gasteiger partial charge < -0.3 is 20.7 Å². The van der Waals surface area contributed by atoms with Crippen LogP contribution < -0.4 is 11.1 Å². The molecule has 0 aliphatic carbocycles. The zero-order chi connectivity index (χ0) is 13.5. The van der Waals surface area contributed by atoms with Gasteiger partial charge in [-0.3, -0.25) is 10.2 Å². The number of ether oxygens (including phenoxy) is 1. The van der Waals surface area contributed by atoms with Crippen LogP contribution in [0.4, 0.5) is 13.6 Å². The molecule has 0 saturated carbocycles. The Balaban J connectivity index is 0.00000180. The van der Waals surface area contributed by atoms with Crippen LogP contribution in [0.5, 0.6) is 0 Å². The molecule has 0 bridgehead atoms. The number of halogens is 3. The predicted octanol–water partition coefficient (Wildman–Crippen LogP) is -1.05. The number of nitrogens with two attached hydrogens (primary N) is 1. The minimum Gasteiger partial charge on any atom is -0.394 e. The van der Waals surface area contributed by atoms with E-state index in [0.717, 1.165) is 0 Å². The molecule has 2 heterocycles. The molecular formula is C9H14ClF2N3O4. The molecule has 0 aromatic rings. The zero-order valence-electron chi connectivity index (χ0n) is 9.62. The van der Waals surface area contributed by atoms with Crippen molar-refractivity contribution in [2.45, 2.75) is 24.4 Å². The Labute approximate surface area is 113 Å². The smallest absolute Gasteiger partial charge is 0.325 e. The lowest BCUT2D eigenvalue weighted by Gasteiger charge is -2.33. The van der Waals surface area contributed by atoms with Gasteiger partial charge in [0.15, 0.2) is 6.10 Å². The van der Waals surface area contributed by atoms with Gasteiger partial charge in [0.05, 0.1) is 6.61 Å². The number of carbonyl (C=O) groups excluding carboxylic acids is 1. The third-order valence-corrected chi connectivity index (χ3v) is 2.86. The maximum Gasteiger partial charge on any atom is 0.325 e. The second kappa shape index (κ2) is 5.45. The van der Waals surface area contributed by atoms with E-state index in [1.165, 1.54) is 6.08 Å². The Morgan fingerprint density at radius 3 is 2.74 bits per heavy atom. The summed E-state index contributed by atoms with van der Waals surface area (Å²) >= 11 is 0. The van der Waals surface area contributed by atoms with E-state index >= 15 is 0 Å². The van der Waals surface area contributed by atoms with Gasteiger partial charge in [-0.15, -0.1) is 12.4 Å². The normalized spacial score (nSPS) is 33.5. The van der Waals surface area contributed by atoms with E-state index in [1.807, 2.05) is 0 Å². The average molecular weight is 307 g/mol. The number of rotatable bonds is 2. The van der Waals surface area contributed by atoms with Crippen LogP contribution in [-0.4, -0.2) is 58.7 Å². The molecule has 1 saturated heterocycles. The molecule has 0 aromatic carbocycles. The number of nitrogens with zero attached hydrogens (tertiary/aromatic N) is 1. The van der Waals surface area contributed by atoms with E-state index in [4.69, 9.17) is 15.6 Å². The number of aliphatic hydroxyl groups excluding tert-OH is 2. The first-order valence-electron chi connectivity index (χ1n) is 5.23. The molecular weight excluding hydrogens is 293 g/mol. The molecule has 3 atom stereocenters. The van der Waals surface area contributed by atoms with E-state index < -0.39 is 37.0 Å². The Morgan fingerprint density at radius 2 is 2.26 bits per heavy atom. The molecule has 1 fully saturated rings. The third kappa shape index (κ3) is 2.59. The molecule has 2 rings (SSSR count). The number of hydrogen-bond acceptors (Lipinski definition) is 5. The van der Waals surface area contributed by atoms with Gasteiger partial charge in [-0.25, -0.2) is 4.79 Å². The van der Waals surface area contributed by atoms with E-state index in [9.17, 15) is 18.7 Å². The quantitative estimate of drug-likeness (QED) is 0.384. The fourth-order valence-electron chi connectivity index (χ4n) is 1.88. The number of alkyl halides is 2. The van der Waals surface area contributed by atoms with Crippen LogP contribution in [0.25, 0.3) is 0 Å². The van der Waals surface area contributed by atoms with Crippen molar-refractivity contribution in [2.24, 2.45) is 5.73 Å². The van der Waals surface area contributed by atoms with Crippen molar-refractivity contribution in [1.82, 2.24) is 10.2 Å². The molecule has 19 heavy (non-hydrogen) atoms. The van der Waals surface area contributed by atoms with Gasteiger partial charge in [-0.05, 0) is 6.08 Å². The number of amides is 2. The molecule has 2 aliphatic heterocycles. The highest BCUT2D eigenvalue weighted by Gasteiger charge is 2.61. The predicted molar refractivity (Wildman–Crippen MR) is 61.5 cm³/mol. The molecule has 2 amide bonds. The van der Waals surface area contributed by atoms with Gasteiger partial charge in [0.2, 0.25) is 6.23 Å². The van der Waals surface area contributed by atoms with Crippen molar-refractivity contribution >= 4 is 18.4 Å². The van der Waals surface area contributed by atoms with Crippen molar-refractivity contribution in [3.8, 4) is 0 Å². The van der Waals surface area contributed by atoms with Crippen LogP contribution in [0.3, 0.4) is 0 Å². The van der Waals surface area contributed by atoms with E-state index in [1.54, 1.807) is 0 Å². The first-order chi connectivity index (χ1) is 8.37. The average Bonchev–Trinajstić information content (AvgIpc) is 2.52. The maximum absolute atomic E-state index is 13.7. The molecule has 0 spiro atoms. The first kappa shape index (κ1) is 15.9. The maximum atomic E-state index is 13.7. The molecule has 5 N–H and O–H groups in total. The van der Waals surface area contributed by atoms with Crippen molar-refractivity contribution in [2.75, 3.05) is 13.2 Å². The van der Waals surface area contributed by atoms with Crippen LogP contribution >= 0.6 is 12.4 Å². The van der Waals surface area contributed by atoms with Crippen molar-refractivity contribution in [3.05, 3.63) is 11.9 Å². The summed E-state index contributed by atoms with van der Waals surface area (Å²) < 4.78 is 32.3. The molecule has 7 nitrogen and oxygen atoms in total. The van der Waals surface area contributed by atoms with Gasteiger partial charge in [-0.1, -0.05) is 0 Å². The second-order valence-corrected chi connectivity index (χ2v) is 4.07. The third-order valence-electron chi connectivity index (χ3n) is 2.86. The van der Waals surface area contributed by atoms with Crippen molar-refractivity contribution < 1.29 is 28.5 Å². The number of hydrogen-bond donors (Lipinski definition) is 4. The topological polar surface area (TPSA) is 108 Å². The van der Waals surface area contributed by atoms with E-state index in [2.05, 4.69) is 5.32 Å². The summed E-state index contributed by atoms with van der Waals surface area (Å²) in [5, 5.41) is 20.3. The summed E-state index contributed by atoms with van der Waals surface area (Å²) in [4.78, 5) is 12.2. The fraction of sp³-hybridized carbons (Fsp3) is 0.667. The Hall–Kier alpha value is -1.16. The fourth-order valence-corrected chi connectivity index (χ4v) is 1.88. The van der Waals surface area contributed by atoms with Crippen LogP contribution in [0, 0.1) is 0 Å². The SMILES string of the molecule is Cl.[15NH2][13C]1=CC[15N]([C@H]2O[C@H](CO)[C@@H](O)C2(F)F)[13C](=O)[15NH]1. The number of aliphatic hydroxyl groups is 2. The summed E-state index contributed by atoms with van der Waals surface area (Å²) in [6.07, 6.45) is -4.20. The van der Waals surface area contributed by atoms with Crippen LogP contribution in [0.15, 0.2) is 11.9 Å². The minimum atomic E-state index is -3.66. The Morgan fingerprint density at radius 1 is 1.63 bits per heavy atom. The van der Waals surface area contributed by atoms with E-state index in [-0.39, 0.29) is 24.8 Å². The number of nitrogens with one attached hydrogen (secondary N) is 1. The van der Waals surface area contributed by atoms with Gasteiger partial charge >= 0.3 is 12.0 Å². The number of urea groups is 1. The molecule has 10 heteroatoms. The molecule has 110 valence electrons. The molecule has 0 radical (unpaired) electrons.